The zero-order valence-electron chi connectivity index (χ0n) is 8.61. The highest BCUT2D eigenvalue weighted by atomic mass is 127. The second-order valence-electron chi connectivity index (χ2n) is 2.75. The summed E-state index contributed by atoms with van der Waals surface area (Å²) >= 11 is 2.15. The molecule has 0 unspecified atom stereocenters. The minimum Gasteiger partial charge on any atom is -0.476 e. The maximum absolute atomic E-state index is 11.0. The molecule has 0 amide bonds. The van der Waals surface area contributed by atoms with Crippen molar-refractivity contribution in [1.82, 2.24) is 0 Å². The molecule has 0 rings (SSSR count). The van der Waals surface area contributed by atoms with Crippen molar-refractivity contribution in [1.29, 1.82) is 0 Å². The SMILES string of the molecule is O=C(CCC(=O)C(=O)O)OCCOCCI. The average Bonchev–Trinajstić information content (AvgIpc) is 2.25. The van der Waals surface area contributed by atoms with Gasteiger partial charge in [0.05, 0.1) is 19.6 Å². The van der Waals surface area contributed by atoms with Crippen molar-refractivity contribution in [2.45, 2.75) is 12.8 Å². The Balaban J connectivity index is 3.45. The molecule has 1 N–H and O–H groups in total. The maximum atomic E-state index is 11.0. The summed E-state index contributed by atoms with van der Waals surface area (Å²) in [6.07, 6.45) is -0.541. The van der Waals surface area contributed by atoms with Gasteiger partial charge in [-0.15, -0.1) is 0 Å². The number of ether oxygens (including phenoxy) is 2. The standard InChI is InChI=1S/C9H13IO6/c10-3-4-15-5-6-16-8(12)2-1-7(11)9(13)14/h1-6H2,(H,13,14). The lowest BCUT2D eigenvalue weighted by Crippen LogP contribution is -2.16. The van der Waals surface area contributed by atoms with Crippen molar-refractivity contribution in [3.05, 3.63) is 0 Å². The molecule has 0 radical (unpaired) electrons. The fourth-order valence-corrected chi connectivity index (χ4v) is 1.08. The molecule has 0 saturated carbocycles. The van der Waals surface area contributed by atoms with E-state index in [0.29, 0.717) is 13.2 Å². The van der Waals surface area contributed by atoms with Crippen LogP contribution in [0.4, 0.5) is 0 Å². The van der Waals surface area contributed by atoms with Crippen LogP contribution in [-0.2, 0) is 23.9 Å². The fraction of sp³-hybridized carbons (Fsp3) is 0.667. The van der Waals surface area contributed by atoms with E-state index in [1.165, 1.54) is 0 Å². The summed E-state index contributed by atoms with van der Waals surface area (Å²) < 4.78 is 10.6. The summed E-state index contributed by atoms with van der Waals surface area (Å²) in [5, 5.41) is 8.25. The number of ketones is 1. The van der Waals surface area contributed by atoms with Gasteiger partial charge in [-0.3, -0.25) is 9.59 Å². The molecular weight excluding hydrogens is 331 g/mol. The van der Waals surface area contributed by atoms with E-state index in [9.17, 15) is 14.4 Å². The Bertz CT molecular complexity index is 252. The molecule has 0 heterocycles. The third-order valence-electron chi connectivity index (χ3n) is 1.51. The predicted octanol–water partition coefficient (Wildman–Crippen LogP) is 0.415. The molecule has 0 atom stereocenters. The number of rotatable bonds is 9. The van der Waals surface area contributed by atoms with Crippen molar-refractivity contribution in [2.24, 2.45) is 0 Å². The smallest absolute Gasteiger partial charge is 0.372 e. The summed E-state index contributed by atoms with van der Waals surface area (Å²) in [5.41, 5.74) is 0. The van der Waals surface area contributed by atoms with Crippen LogP contribution in [0.2, 0.25) is 0 Å². The molecule has 16 heavy (non-hydrogen) atoms. The van der Waals surface area contributed by atoms with Crippen LogP contribution in [0.25, 0.3) is 0 Å². The Labute approximate surface area is 106 Å². The van der Waals surface area contributed by atoms with Crippen molar-refractivity contribution in [2.75, 3.05) is 24.2 Å². The van der Waals surface area contributed by atoms with E-state index in [2.05, 4.69) is 22.6 Å². The van der Waals surface area contributed by atoms with E-state index in [1.54, 1.807) is 0 Å². The summed E-state index contributed by atoms with van der Waals surface area (Å²) in [6, 6.07) is 0. The molecule has 0 aromatic rings. The highest BCUT2D eigenvalue weighted by molar-refractivity contribution is 14.1. The molecule has 0 aromatic heterocycles. The van der Waals surface area contributed by atoms with Gasteiger partial charge in [-0.05, 0) is 0 Å². The second-order valence-corrected chi connectivity index (χ2v) is 3.83. The molecule has 0 fully saturated rings. The van der Waals surface area contributed by atoms with Crippen LogP contribution >= 0.6 is 22.6 Å². The molecule has 0 aromatic carbocycles. The van der Waals surface area contributed by atoms with Crippen LogP contribution in [0.15, 0.2) is 0 Å². The van der Waals surface area contributed by atoms with Crippen LogP contribution in [0.5, 0.6) is 0 Å². The number of esters is 1. The normalized spacial score (nSPS) is 9.81. The van der Waals surface area contributed by atoms with E-state index in [-0.39, 0.29) is 19.4 Å². The minimum absolute atomic E-state index is 0.122. The van der Waals surface area contributed by atoms with Crippen LogP contribution in [0.1, 0.15) is 12.8 Å². The first-order valence-corrected chi connectivity index (χ1v) is 6.16. The summed E-state index contributed by atoms with van der Waals surface area (Å²) in [7, 11) is 0. The van der Waals surface area contributed by atoms with Gasteiger partial charge in [0.2, 0.25) is 5.78 Å². The summed E-state index contributed by atoms with van der Waals surface area (Å²) in [4.78, 5) is 31.7. The van der Waals surface area contributed by atoms with Gasteiger partial charge in [0.1, 0.15) is 6.61 Å². The predicted molar refractivity (Wildman–Crippen MR) is 62.5 cm³/mol. The number of carbonyl (C=O) groups is 3. The van der Waals surface area contributed by atoms with Gasteiger partial charge in [-0.1, -0.05) is 22.6 Å². The van der Waals surface area contributed by atoms with Crippen molar-refractivity contribution in [3.8, 4) is 0 Å². The zero-order valence-corrected chi connectivity index (χ0v) is 10.8. The van der Waals surface area contributed by atoms with Gasteiger partial charge in [0.25, 0.3) is 0 Å². The van der Waals surface area contributed by atoms with Gasteiger partial charge >= 0.3 is 11.9 Å². The van der Waals surface area contributed by atoms with Crippen molar-refractivity contribution < 1.29 is 29.0 Å². The Morgan fingerprint density at radius 3 is 2.31 bits per heavy atom. The quantitative estimate of drug-likeness (QED) is 0.214. The van der Waals surface area contributed by atoms with E-state index < -0.39 is 17.7 Å². The van der Waals surface area contributed by atoms with Gasteiger partial charge in [0, 0.05) is 10.8 Å². The summed E-state index contributed by atoms with van der Waals surface area (Å²) in [6.45, 7) is 1.02. The highest BCUT2D eigenvalue weighted by Crippen LogP contribution is 1.95. The third-order valence-corrected chi connectivity index (χ3v) is 1.95. The lowest BCUT2D eigenvalue weighted by atomic mass is 10.2. The van der Waals surface area contributed by atoms with Gasteiger partial charge in [0.15, 0.2) is 0 Å². The molecular formula is C9H13IO6. The first-order valence-electron chi connectivity index (χ1n) is 4.63. The number of Topliss-reactive ketones (excluding diaryl/α,β-unsaturated/α-hetero) is 1. The highest BCUT2D eigenvalue weighted by Gasteiger charge is 2.13. The van der Waals surface area contributed by atoms with Gasteiger partial charge in [-0.25, -0.2) is 4.79 Å². The molecule has 0 spiro atoms. The van der Waals surface area contributed by atoms with Crippen LogP contribution < -0.4 is 0 Å². The Morgan fingerprint density at radius 2 is 1.75 bits per heavy atom. The summed E-state index contributed by atoms with van der Waals surface area (Å²) in [5.74, 6) is -3.11. The monoisotopic (exact) mass is 344 g/mol. The molecule has 92 valence electrons. The fourth-order valence-electron chi connectivity index (χ4n) is 0.766. The Kier molecular flexibility index (Phi) is 9.10. The molecule has 6 nitrogen and oxygen atoms in total. The number of aliphatic carboxylic acids is 1. The number of carboxylic acid groups (broad SMARTS) is 1. The number of alkyl halides is 1. The average molecular weight is 344 g/mol. The number of carbonyl (C=O) groups excluding carboxylic acids is 2. The third kappa shape index (κ3) is 8.60. The van der Waals surface area contributed by atoms with E-state index in [1.807, 2.05) is 0 Å². The first-order chi connectivity index (χ1) is 7.57. The Morgan fingerprint density at radius 1 is 1.06 bits per heavy atom. The molecule has 7 heteroatoms. The lowest BCUT2D eigenvalue weighted by molar-refractivity contribution is -0.151. The molecule has 0 bridgehead atoms. The number of carboxylic acids is 1. The van der Waals surface area contributed by atoms with Crippen LogP contribution in [0.3, 0.4) is 0 Å². The second kappa shape index (κ2) is 9.52. The molecule has 0 saturated heterocycles. The number of hydrogen-bond acceptors (Lipinski definition) is 5. The molecule has 0 aliphatic heterocycles. The first kappa shape index (κ1) is 15.3. The van der Waals surface area contributed by atoms with E-state index in [4.69, 9.17) is 14.6 Å². The number of halogens is 1. The topological polar surface area (TPSA) is 89.9 Å². The van der Waals surface area contributed by atoms with Gasteiger partial charge < -0.3 is 14.6 Å². The molecule has 0 aliphatic carbocycles. The van der Waals surface area contributed by atoms with Crippen molar-refractivity contribution >= 4 is 40.3 Å². The minimum atomic E-state index is -1.53. The maximum Gasteiger partial charge on any atom is 0.372 e. The van der Waals surface area contributed by atoms with Crippen molar-refractivity contribution in [3.63, 3.8) is 0 Å². The zero-order chi connectivity index (χ0) is 12.4. The number of hydrogen-bond donors (Lipinski definition) is 1. The van der Waals surface area contributed by atoms with Crippen LogP contribution in [0, 0.1) is 0 Å². The Hall–Kier alpha value is -0.700. The van der Waals surface area contributed by atoms with Crippen LogP contribution in [-0.4, -0.2) is 47.1 Å². The van der Waals surface area contributed by atoms with E-state index >= 15 is 0 Å². The largest absolute Gasteiger partial charge is 0.476 e. The van der Waals surface area contributed by atoms with Gasteiger partial charge in [-0.2, -0.15) is 0 Å². The van der Waals surface area contributed by atoms with E-state index in [0.717, 1.165) is 4.43 Å². The lowest BCUT2D eigenvalue weighted by Gasteiger charge is -2.04. The molecule has 0 aliphatic rings.